The number of hydrogen-bond acceptors (Lipinski definition) is 0. The quantitative estimate of drug-likeness (QED) is 0.250. The van der Waals surface area contributed by atoms with E-state index in [0.29, 0.717) is 0 Å². The van der Waals surface area contributed by atoms with E-state index in [1.165, 1.54) is 60.5 Å². The molecule has 33 heavy (non-hydrogen) atoms. The first-order chi connectivity index (χ1) is 16.3. The zero-order valence-corrected chi connectivity index (χ0v) is 18.6. The fourth-order valence-electron chi connectivity index (χ4n) is 5.10. The second-order valence-electron chi connectivity index (χ2n) is 8.58. The number of fused-ring (bicyclic) bond motifs is 2. The van der Waals surface area contributed by atoms with Crippen molar-refractivity contribution in [2.75, 3.05) is 0 Å². The van der Waals surface area contributed by atoms with E-state index in [1.54, 1.807) is 0 Å². The predicted octanol–water partition coefficient (Wildman–Crippen LogP) is 9.30. The summed E-state index contributed by atoms with van der Waals surface area (Å²) in [6.07, 6.45) is 0. The molecule has 0 N–H and O–H groups in total. The van der Waals surface area contributed by atoms with Crippen LogP contribution in [0.3, 0.4) is 0 Å². The molecular weight excluding hydrogens is 396 g/mol. The highest BCUT2D eigenvalue weighted by molar-refractivity contribution is 6.15. The van der Waals surface area contributed by atoms with Gasteiger partial charge < -0.3 is 0 Å². The van der Waals surface area contributed by atoms with Crippen molar-refractivity contribution in [1.29, 1.82) is 0 Å². The summed E-state index contributed by atoms with van der Waals surface area (Å²) in [5.74, 6) is 0. The molecule has 0 saturated carbocycles. The number of aryl methyl sites for hydroxylation is 1. The Morgan fingerprint density at radius 3 is 1.45 bits per heavy atom. The molecule has 6 aromatic rings. The summed E-state index contributed by atoms with van der Waals surface area (Å²) in [7, 11) is 0. The molecule has 0 heterocycles. The van der Waals surface area contributed by atoms with Gasteiger partial charge in [0.1, 0.15) is 0 Å². The van der Waals surface area contributed by atoms with E-state index in [0.717, 1.165) is 0 Å². The zero-order valence-electron chi connectivity index (χ0n) is 18.6. The highest BCUT2D eigenvalue weighted by Crippen LogP contribution is 2.41. The minimum absolute atomic E-state index is 1.24. The van der Waals surface area contributed by atoms with Gasteiger partial charge in [-0.2, -0.15) is 0 Å². The van der Waals surface area contributed by atoms with Gasteiger partial charge in [0.2, 0.25) is 0 Å². The zero-order chi connectivity index (χ0) is 22.2. The minimum atomic E-state index is 1.24. The van der Waals surface area contributed by atoms with E-state index in [-0.39, 0.29) is 0 Å². The molecule has 0 nitrogen and oxygen atoms in total. The molecule has 0 heteroatoms. The van der Waals surface area contributed by atoms with E-state index in [2.05, 4.69) is 134 Å². The molecule has 0 amide bonds. The highest BCUT2D eigenvalue weighted by atomic mass is 14.2. The molecule has 0 aliphatic heterocycles. The van der Waals surface area contributed by atoms with Crippen molar-refractivity contribution in [2.45, 2.75) is 6.92 Å². The van der Waals surface area contributed by atoms with Crippen LogP contribution in [0, 0.1) is 6.92 Å². The Balaban J connectivity index is 1.62. The summed E-state index contributed by atoms with van der Waals surface area (Å²) in [4.78, 5) is 0. The van der Waals surface area contributed by atoms with Crippen molar-refractivity contribution >= 4 is 21.5 Å². The SMILES string of the molecule is Cc1c2ccccc2c(-c2cccc(-c3ccccc3-c3ccccc3)c2)c2ccccc12. The molecule has 0 saturated heterocycles. The fraction of sp³-hybridized carbons (Fsp3) is 0.0303. The van der Waals surface area contributed by atoms with Gasteiger partial charge in [0.05, 0.1) is 0 Å². The van der Waals surface area contributed by atoms with E-state index < -0.39 is 0 Å². The van der Waals surface area contributed by atoms with Crippen LogP contribution in [0.25, 0.3) is 54.9 Å². The predicted molar refractivity (Wildman–Crippen MR) is 142 cm³/mol. The molecule has 0 spiro atoms. The van der Waals surface area contributed by atoms with Crippen LogP contribution in [0.4, 0.5) is 0 Å². The van der Waals surface area contributed by atoms with Crippen molar-refractivity contribution in [3.05, 3.63) is 133 Å². The molecule has 0 fully saturated rings. The molecular formula is C33H24. The molecule has 0 aromatic heterocycles. The average Bonchev–Trinajstić information content (AvgIpc) is 2.90. The van der Waals surface area contributed by atoms with Crippen molar-refractivity contribution in [3.8, 4) is 33.4 Å². The van der Waals surface area contributed by atoms with Crippen LogP contribution in [-0.2, 0) is 0 Å². The lowest BCUT2D eigenvalue weighted by Crippen LogP contribution is -1.90. The smallest absolute Gasteiger partial charge is 0.00264 e. The third-order valence-corrected chi connectivity index (χ3v) is 6.67. The molecule has 0 aliphatic rings. The number of hydrogen-bond donors (Lipinski definition) is 0. The van der Waals surface area contributed by atoms with Gasteiger partial charge in [-0.25, -0.2) is 0 Å². The first kappa shape index (κ1) is 19.5. The van der Waals surface area contributed by atoms with E-state index in [1.807, 2.05) is 0 Å². The molecule has 0 aliphatic carbocycles. The lowest BCUT2D eigenvalue weighted by Gasteiger charge is -2.16. The van der Waals surface area contributed by atoms with Crippen molar-refractivity contribution < 1.29 is 0 Å². The van der Waals surface area contributed by atoms with E-state index >= 15 is 0 Å². The van der Waals surface area contributed by atoms with Gasteiger partial charge in [-0.1, -0.05) is 121 Å². The molecule has 0 radical (unpaired) electrons. The van der Waals surface area contributed by atoms with Gasteiger partial charge in [0.25, 0.3) is 0 Å². The lowest BCUT2D eigenvalue weighted by atomic mass is 9.87. The maximum absolute atomic E-state index is 2.35. The third-order valence-electron chi connectivity index (χ3n) is 6.67. The van der Waals surface area contributed by atoms with Crippen LogP contribution < -0.4 is 0 Å². The fourth-order valence-corrected chi connectivity index (χ4v) is 5.10. The first-order valence-corrected chi connectivity index (χ1v) is 11.5. The van der Waals surface area contributed by atoms with Gasteiger partial charge in [-0.05, 0) is 73.5 Å². The molecule has 156 valence electrons. The maximum atomic E-state index is 2.35. The third kappa shape index (κ3) is 3.32. The van der Waals surface area contributed by atoms with Gasteiger partial charge >= 0.3 is 0 Å². The van der Waals surface area contributed by atoms with Crippen LogP contribution in [0.5, 0.6) is 0 Å². The molecule has 6 rings (SSSR count). The number of rotatable bonds is 3. The Morgan fingerprint density at radius 1 is 0.364 bits per heavy atom. The van der Waals surface area contributed by atoms with Gasteiger partial charge in [0.15, 0.2) is 0 Å². The molecule has 0 unspecified atom stereocenters. The summed E-state index contributed by atoms with van der Waals surface area (Å²) in [5.41, 5.74) is 8.90. The lowest BCUT2D eigenvalue weighted by molar-refractivity contribution is 1.56. The monoisotopic (exact) mass is 420 g/mol. The summed E-state index contributed by atoms with van der Waals surface area (Å²) in [6.45, 7) is 2.24. The minimum Gasteiger partial charge on any atom is -0.0622 e. The Kier molecular flexibility index (Phi) is 4.78. The van der Waals surface area contributed by atoms with Crippen LogP contribution in [-0.4, -0.2) is 0 Å². The highest BCUT2D eigenvalue weighted by Gasteiger charge is 2.14. The van der Waals surface area contributed by atoms with Gasteiger partial charge in [-0.15, -0.1) is 0 Å². The summed E-state index contributed by atoms with van der Waals surface area (Å²) in [6, 6.07) is 45.9. The number of benzene rings is 6. The van der Waals surface area contributed by atoms with Crippen molar-refractivity contribution in [1.82, 2.24) is 0 Å². The topological polar surface area (TPSA) is 0 Å². The van der Waals surface area contributed by atoms with Crippen LogP contribution in [0.2, 0.25) is 0 Å². The van der Waals surface area contributed by atoms with Crippen LogP contribution >= 0.6 is 0 Å². The van der Waals surface area contributed by atoms with E-state index in [4.69, 9.17) is 0 Å². The summed E-state index contributed by atoms with van der Waals surface area (Å²) in [5, 5.41) is 5.26. The van der Waals surface area contributed by atoms with Crippen molar-refractivity contribution in [2.24, 2.45) is 0 Å². The first-order valence-electron chi connectivity index (χ1n) is 11.5. The second kappa shape index (κ2) is 8.07. The maximum Gasteiger partial charge on any atom is -0.00264 e. The van der Waals surface area contributed by atoms with Gasteiger partial charge in [0, 0.05) is 0 Å². The van der Waals surface area contributed by atoms with Gasteiger partial charge in [-0.3, -0.25) is 0 Å². The Labute approximate surface area is 194 Å². The van der Waals surface area contributed by atoms with Crippen molar-refractivity contribution in [3.63, 3.8) is 0 Å². The van der Waals surface area contributed by atoms with Crippen LogP contribution in [0.15, 0.2) is 127 Å². The normalized spacial score (nSPS) is 11.2. The Bertz CT molecular complexity index is 1550. The Hall–Kier alpha value is -4.16. The summed E-state index contributed by atoms with van der Waals surface area (Å²) >= 11 is 0. The van der Waals surface area contributed by atoms with Crippen LogP contribution in [0.1, 0.15) is 5.56 Å². The second-order valence-corrected chi connectivity index (χ2v) is 8.58. The largest absolute Gasteiger partial charge is 0.0622 e. The standard InChI is InChI=1S/C33H24/c1-23-27-16-5-9-20-31(27)33(32-21-10-6-17-28(23)32)26-15-11-14-25(22-26)30-19-8-7-18-29(30)24-12-3-2-4-13-24/h2-22H,1H3. The summed E-state index contributed by atoms with van der Waals surface area (Å²) < 4.78 is 0. The Morgan fingerprint density at radius 2 is 0.818 bits per heavy atom. The molecule has 6 aromatic carbocycles. The van der Waals surface area contributed by atoms with E-state index in [9.17, 15) is 0 Å². The molecule has 0 bridgehead atoms. The molecule has 0 atom stereocenters. The average molecular weight is 421 g/mol.